The fourth-order valence-electron chi connectivity index (χ4n) is 1.76. The Balaban J connectivity index is 1.93. The van der Waals surface area contributed by atoms with E-state index >= 15 is 0 Å². The molecule has 0 saturated heterocycles. The summed E-state index contributed by atoms with van der Waals surface area (Å²) in [5, 5.41) is 0. The monoisotopic (exact) mass is 295 g/mol. The lowest BCUT2D eigenvalue weighted by Gasteiger charge is -2.08. The van der Waals surface area contributed by atoms with E-state index in [1.165, 1.54) is 12.3 Å². The molecule has 0 unspecified atom stereocenters. The molecular formula is C17H17N3O2. The number of amides is 1. The molecule has 1 aromatic carbocycles. The molecule has 0 radical (unpaired) electrons. The average Bonchev–Trinajstić information content (AvgIpc) is 2.54. The van der Waals surface area contributed by atoms with E-state index in [0.29, 0.717) is 16.8 Å². The van der Waals surface area contributed by atoms with Crippen molar-refractivity contribution in [3.63, 3.8) is 0 Å². The minimum Gasteiger partial charge on any atom is -0.303 e. The van der Waals surface area contributed by atoms with Crippen molar-refractivity contribution in [1.82, 2.24) is 15.8 Å². The maximum Gasteiger partial charge on any atom is 0.269 e. The summed E-state index contributed by atoms with van der Waals surface area (Å²) in [6.07, 6.45) is 4.51. The van der Waals surface area contributed by atoms with Crippen LogP contribution in [0.5, 0.6) is 0 Å². The van der Waals surface area contributed by atoms with Gasteiger partial charge in [0.25, 0.3) is 5.91 Å². The third kappa shape index (κ3) is 4.28. The van der Waals surface area contributed by atoms with Gasteiger partial charge in [0.05, 0.1) is 0 Å². The highest BCUT2D eigenvalue weighted by atomic mass is 16.2. The van der Waals surface area contributed by atoms with Crippen molar-refractivity contribution in [1.29, 1.82) is 0 Å². The number of hydrogen-bond acceptors (Lipinski definition) is 4. The molecule has 1 aromatic heterocycles. The van der Waals surface area contributed by atoms with Gasteiger partial charge in [0.1, 0.15) is 0 Å². The highest BCUT2D eigenvalue weighted by Crippen LogP contribution is 2.03. The van der Waals surface area contributed by atoms with Gasteiger partial charge in [0.15, 0.2) is 5.78 Å². The average molecular weight is 295 g/mol. The van der Waals surface area contributed by atoms with Crippen LogP contribution in [0.2, 0.25) is 0 Å². The van der Waals surface area contributed by atoms with E-state index < -0.39 is 0 Å². The fourth-order valence-corrected chi connectivity index (χ4v) is 1.76. The van der Waals surface area contributed by atoms with Crippen LogP contribution in [0.15, 0.2) is 60.6 Å². The van der Waals surface area contributed by atoms with Gasteiger partial charge >= 0.3 is 0 Å². The van der Waals surface area contributed by atoms with Gasteiger partial charge in [-0.1, -0.05) is 17.7 Å². The van der Waals surface area contributed by atoms with Crippen molar-refractivity contribution < 1.29 is 9.59 Å². The summed E-state index contributed by atoms with van der Waals surface area (Å²) in [5.41, 5.74) is 7.93. The Morgan fingerprint density at radius 1 is 1.05 bits per heavy atom. The molecule has 112 valence electrons. The number of pyridine rings is 1. The number of nitrogens with one attached hydrogen (secondary N) is 2. The first-order valence-corrected chi connectivity index (χ1v) is 6.82. The van der Waals surface area contributed by atoms with Crippen LogP contribution in [0.3, 0.4) is 0 Å². The van der Waals surface area contributed by atoms with Gasteiger partial charge in [-0.3, -0.25) is 20.0 Å². The number of carbonyl (C=O) groups excluding carboxylic acids is 2. The highest BCUT2D eigenvalue weighted by molar-refractivity contribution is 6.04. The van der Waals surface area contributed by atoms with Crippen LogP contribution in [0, 0.1) is 6.92 Å². The van der Waals surface area contributed by atoms with Crippen LogP contribution in [0.25, 0.3) is 0 Å². The number of hydrogen-bond donors (Lipinski definition) is 2. The van der Waals surface area contributed by atoms with Gasteiger partial charge in [0, 0.05) is 35.3 Å². The van der Waals surface area contributed by atoms with Gasteiger partial charge in [-0.25, -0.2) is 0 Å². The van der Waals surface area contributed by atoms with Crippen molar-refractivity contribution in [2.75, 3.05) is 0 Å². The number of hydrazine groups is 1. The number of aromatic nitrogens is 1. The lowest BCUT2D eigenvalue weighted by molar-refractivity contribution is 0.0936. The van der Waals surface area contributed by atoms with E-state index in [0.717, 1.165) is 5.56 Å². The summed E-state index contributed by atoms with van der Waals surface area (Å²) in [6.45, 7) is 3.65. The first-order valence-electron chi connectivity index (χ1n) is 6.82. The van der Waals surface area contributed by atoms with Crippen LogP contribution < -0.4 is 10.9 Å². The van der Waals surface area contributed by atoms with Crippen LogP contribution >= 0.6 is 0 Å². The molecule has 2 aromatic rings. The predicted octanol–water partition coefficient (Wildman–Crippen LogP) is 2.41. The Bertz CT molecular complexity index is 692. The predicted molar refractivity (Wildman–Crippen MR) is 84.1 cm³/mol. The number of ketones is 1. The van der Waals surface area contributed by atoms with Gasteiger partial charge in [-0.05, 0) is 38.1 Å². The van der Waals surface area contributed by atoms with E-state index in [1.807, 2.05) is 19.1 Å². The largest absolute Gasteiger partial charge is 0.303 e. The van der Waals surface area contributed by atoms with Crippen LogP contribution in [-0.2, 0) is 0 Å². The smallest absolute Gasteiger partial charge is 0.269 e. The molecule has 2 rings (SSSR count). The molecule has 0 aliphatic carbocycles. The molecule has 2 N–H and O–H groups in total. The number of benzene rings is 1. The second kappa shape index (κ2) is 7.17. The standard InChI is InChI=1S/C17H17N3O2/c1-12-5-7-14(8-6-12)17(22)20-19-13(2)10-16(21)15-4-3-9-18-11-15/h3-11,19H,1-2H3,(H,20,22)/b13-10+. The first-order chi connectivity index (χ1) is 10.6. The zero-order chi connectivity index (χ0) is 15.9. The topological polar surface area (TPSA) is 71.1 Å². The molecule has 5 nitrogen and oxygen atoms in total. The summed E-state index contributed by atoms with van der Waals surface area (Å²) in [5.74, 6) is -0.440. The first kappa shape index (κ1) is 15.4. The Hall–Kier alpha value is -2.95. The summed E-state index contributed by atoms with van der Waals surface area (Å²) in [7, 11) is 0. The molecule has 0 fully saturated rings. The zero-order valence-electron chi connectivity index (χ0n) is 12.5. The quantitative estimate of drug-likeness (QED) is 0.505. The lowest BCUT2D eigenvalue weighted by Crippen LogP contribution is -2.36. The summed E-state index contributed by atoms with van der Waals surface area (Å²) in [6, 6.07) is 10.6. The fraction of sp³-hybridized carbons (Fsp3) is 0.118. The third-order valence-corrected chi connectivity index (χ3v) is 2.98. The number of allylic oxidation sites excluding steroid dienone is 2. The van der Waals surface area contributed by atoms with E-state index in [4.69, 9.17) is 0 Å². The van der Waals surface area contributed by atoms with Gasteiger partial charge in [-0.2, -0.15) is 0 Å². The van der Waals surface area contributed by atoms with Crippen LogP contribution in [0.1, 0.15) is 33.2 Å². The molecule has 0 spiro atoms. The molecule has 5 heteroatoms. The number of rotatable bonds is 5. The summed E-state index contributed by atoms with van der Waals surface area (Å²) >= 11 is 0. The zero-order valence-corrected chi connectivity index (χ0v) is 12.5. The number of aryl methyl sites for hydroxylation is 1. The molecule has 0 saturated carbocycles. The Morgan fingerprint density at radius 3 is 2.41 bits per heavy atom. The maximum absolute atomic E-state index is 11.9. The lowest BCUT2D eigenvalue weighted by atomic mass is 10.1. The van der Waals surface area contributed by atoms with Crippen LogP contribution in [-0.4, -0.2) is 16.7 Å². The molecule has 0 aliphatic rings. The van der Waals surface area contributed by atoms with Crippen LogP contribution in [0.4, 0.5) is 0 Å². The van der Waals surface area contributed by atoms with Crippen molar-refractivity contribution >= 4 is 11.7 Å². The normalized spacial score (nSPS) is 10.9. The minimum atomic E-state index is -0.262. The highest BCUT2D eigenvalue weighted by Gasteiger charge is 2.05. The van der Waals surface area contributed by atoms with Gasteiger partial charge in [0.2, 0.25) is 0 Å². The number of carbonyl (C=O) groups is 2. The molecule has 0 bridgehead atoms. The molecular weight excluding hydrogens is 278 g/mol. The summed E-state index contributed by atoms with van der Waals surface area (Å²) in [4.78, 5) is 27.8. The second-order valence-corrected chi connectivity index (χ2v) is 4.88. The van der Waals surface area contributed by atoms with Gasteiger partial charge in [-0.15, -0.1) is 0 Å². The second-order valence-electron chi connectivity index (χ2n) is 4.88. The van der Waals surface area contributed by atoms with Crippen molar-refractivity contribution in [3.8, 4) is 0 Å². The SMILES string of the molecule is C/C(=C\C(=O)c1cccnc1)NNC(=O)c1ccc(C)cc1. The number of nitrogens with zero attached hydrogens (tertiary/aromatic N) is 1. The van der Waals surface area contributed by atoms with Crippen molar-refractivity contribution in [3.05, 3.63) is 77.3 Å². The Kier molecular flexibility index (Phi) is 5.03. The summed E-state index contributed by atoms with van der Waals surface area (Å²) < 4.78 is 0. The van der Waals surface area contributed by atoms with E-state index in [2.05, 4.69) is 15.8 Å². The van der Waals surface area contributed by atoms with E-state index in [-0.39, 0.29) is 11.7 Å². The molecule has 1 amide bonds. The maximum atomic E-state index is 11.9. The Labute approximate surface area is 129 Å². The minimum absolute atomic E-state index is 0.178. The van der Waals surface area contributed by atoms with Gasteiger partial charge < -0.3 is 5.43 Å². The van der Waals surface area contributed by atoms with E-state index in [9.17, 15) is 9.59 Å². The van der Waals surface area contributed by atoms with Crippen molar-refractivity contribution in [2.24, 2.45) is 0 Å². The van der Waals surface area contributed by atoms with E-state index in [1.54, 1.807) is 37.4 Å². The van der Waals surface area contributed by atoms with Crippen molar-refractivity contribution in [2.45, 2.75) is 13.8 Å². The molecule has 1 heterocycles. The Morgan fingerprint density at radius 2 is 1.77 bits per heavy atom. The molecule has 22 heavy (non-hydrogen) atoms. The molecule has 0 atom stereocenters. The third-order valence-electron chi connectivity index (χ3n) is 2.98. The molecule has 0 aliphatic heterocycles.